The molecule has 0 radical (unpaired) electrons. The highest BCUT2D eigenvalue weighted by atomic mass is 127. The fourth-order valence-corrected chi connectivity index (χ4v) is 4.54. The minimum atomic E-state index is -3.67. The molecule has 0 aliphatic rings. The van der Waals surface area contributed by atoms with Gasteiger partial charge >= 0.3 is 0 Å². The Morgan fingerprint density at radius 3 is 2.25 bits per heavy atom. The second-order valence-corrected chi connectivity index (χ2v) is 7.85. The van der Waals surface area contributed by atoms with Gasteiger partial charge in [-0.1, -0.05) is 40.9 Å². The number of rotatable bonds is 3. The van der Waals surface area contributed by atoms with E-state index in [2.05, 4.69) is 4.72 Å². The summed E-state index contributed by atoms with van der Waals surface area (Å²) in [7, 11) is -3.67. The summed E-state index contributed by atoms with van der Waals surface area (Å²) in [6.45, 7) is 1.89. The lowest BCUT2D eigenvalue weighted by molar-refractivity contribution is 0.601. The normalized spacial score (nSPS) is 11.4. The van der Waals surface area contributed by atoms with E-state index in [9.17, 15) is 8.42 Å². The highest BCUT2D eigenvalue weighted by molar-refractivity contribution is 14.1. The first-order chi connectivity index (χ1) is 9.29. The van der Waals surface area contributed by atoms with Crippen LogP contribution >= 0.6 is 45.8 Å². The molecule has 20 heavy (non-hydrogen) atoms. The van der Waals surface area contributed by atoms with Gasteiger partial charge in [-0.05, 0) is 53.8 Å². The van der Waals surface area contributed by atoms with E-state index in [1.54, 1.807) is 30.3 Å². The number of halogens is 3. The molecule has 0 aliphatic heterocycles. The molecule has 0 fully saturated rings. The summed E-state index contributed by atoms with van der Waals surface area (Å²) in [6.07, 6.45) is 0. The lowest BCUT2D eigenvalue weighted by Crippen LogP contribution is -2.14. The average molecular weight is 442 g/mol. The number of nitrogens with one attached hydrogen (secondary N) is 1. The van der Waals surface area contributed by atoms with Crippen molar-refractivity contribution < 1.29 is 8.42 Å². The van der Waals surface area contributed by atoms with E-state index in [1.807, 2.05) is 29.5 Å². The van der Waals surface area contributed by atoms with Gasteiger partial charge in [0.1, 0.15) is 0 Å². The molecule has 7 heteroatoms. The number of benzene rings is 2. The van der Waals surface area contributed by atoms with Crippen LogP contribution in [0.4, 0.5) is 5.69 Å². The summed E-state index contributed by atoms with van der Waals surface area (Å²) in [5, 5.41) is 0.718. The van der Waals surface area contributed by atoms with E-state index < -0.39 is 10.0 Å². The highest BCUT2D eigenvalue weighted by Crippen LogP contribution is 2.32. The summed E-state index contributed by atoms with van der Waals surface area (Å²) in [4.78, 5) is 0.185. The molecule has 2 aromatic carbocycles. The predicted octanol–water partition coefficient (Wildman–Crippen LogP) is 4.71. The molecule has 0 aromatic heterocycles. The Hall–Kier alpha value is -0.500. The Kier molecular flexibility index (Phi) is 4.84. The molecule has 0 amide bonds. The van der Waals surface area contributed by atoms with E-state index in [1.165, 1.54) is 6.07 Å². The zero-order valence-corrected chi connectivity index (χ0v) is 14.8. The molecule has 0 unspecified atom stereocenters. The van der Waals surface area contributed by atoms with Crippen LogP contribution in [0.2, 0.25) is 10.0 Å². The van der Waals surface area contributed by atoms with E-state index >= 15 is 0 Å². The maximum Gasteiger partial charge on any atom is 0.261 e. The van der Waals surface area contributed by atoms with Gasteiger partial charge in [0.05, 0.1) is 15.6 Å². The van der Waals surface area contributed by atoms with E-state index in [4.69, 9.17) is 23.2 Å². The molecule has 106 valence electrons. The van der Waals surface area contributed by atoms with E-state index in [-0.39, 0.29) is 9.92 Å². The van der Waals surface area contributed by atoms with Gasteiger partial charge in [-0.2, -0.15) is 0 Å². The number of hydrogen-bond donors (Lipinski definition) is 1. The van der Waals surface area contributed by atoms with Crippen molar-refractivity contribution in [1.29, 1.82) is 0 Å². The molecule has 2 aromatic rings. The van der Waals surface area contributed by atoms with Crippen molar-refractivity contribution in [2.45, 2.75) is 11.8 Å². The van der Waals surface area contributed by atoms with Crippen molar-refractivity contribution in [3.63, 3.8) is 0 Å². The Labute approximate surface area is 141 Å². The lowest BCUT2D eigenvalue weighted by Gasteiger charge is -2.12. The highest BCUT2D eigenvalue weighted by Gasteiger charge is 2.17. The second-order valence-electron chi connectivity index (χ2n) is 4.16. The van der Waals surface area contributed by atoms with Crippen LogP contribution in [0.5, 0.6) is 0 Å². The summed E-state index contributed by atoms with van der Waals surface area (Å²) in [6, 6.07) is 9.72. The van der Waals surface area contributed by atoms with Crippen LogP contribution in [0.1, 0.15) is 5.56 Å². The Bertz CT molecular complexity index is 722. The third-order valence-electron chi connectivity index (χ3n) is 2.57. The maximum absolute atomic E-state index is 12.3. The third-order valence-corrected chi connectivity index (χ3v) is 5.31. The molecule has 0 heterocycles. The molecule has 0 saturated heterocycles. The summed E-state index contributed by atoms with van der Waals surface area (Å²) in [5.74, 6) is 0. The number of sulfonamides is 1. The van der Waals surface area contributed by atoms with Crippen LogP contribution in [0.15, 0.2) is 41.3 Å². The van der Waals surface area contributed by atoms with Crippen molar-refractivity contribution in [2.24, 2.45) is 0 Å². The molecule has 0 spiro atoms. The SMILES string of the molecule is Cc1ccc(S(=O)(=O)Nc2c(Cl)cc(Cl)cc2I)cc1. The fraction of sp³-hybridized carbons (Fsp3) is 0.0769. The summed E-state index contributed by atoms with van der Waals surface area (Å²) in [5.41, 5.74) is 1.32. The maximum atomic E-state index is 12.3. The van der Waals surface area contributed by atoms with Crippen LogP contribution in [0, 0.1) is 10.5 Å². The van der Waals surface area contributed by atoms with Gasteiger partial charge in [0.15, 0.2) is 0 Å². The quantitative estimate of drug-likeness (QED) is 0.701. The molecule has 3 nitrogen and oxygen atoms in total. The van der Waals surface area contributed by atoms with Crippen LogP contribution in [0.3, 0.4) is 0 Å². The van der Waals surface area contributed by atoms with Crippen LogP contribution in [-0.4, -0.2) is 8.42 Å². The van der Waals surface area contributed by atoms with Crippen molar-refractivity contribution in [1.82, 2.24) is 0 Å². The minimum absolute atomic E-state index is 0.185. The molecule has 0 bridgehead atoms. The topological polar surface area (TPSA) is 46.2 Å². The lowest BCUT2D eigenvalue weighted by atomic mass is 10.2. The Morgan fingerprint density at radius 1 is 1.10 bits per heavy atom. The van der Waals surface area contributed by atoms with Gasteiger partial charge in [0.25, 0.3) is 10.0 Å². The van der Waals surface area contributed by atoms with Crippen molar-refractivity contribution in [2.75, 3.05) is 4.72 Å². The minimum Gasteiger partial charge on any atom is -0.277 e. The molecular weight excluding hydrogens is 432 g/mol. The second kappa shape index (κ2) is 6.09. The first-order valence-corrected chi connectivity index (χ1v) is 8.85. The average Bonchev–Trinajstić information content (AvgIpc) is 2.34. The number of aryl methyl sites for hydroxylation is 1. The van der Waals surface area contributed by atoms with Gasteiger partial charge in [-0.25, -0.2) is 8.42 Å². The van der Waals surface area contributed by atoms with Gasteiger partial charge in [0, 0.05) is 8.59 Å². The summed E-state index contributed by atoms with van der Waals surface area (Å²) < 4.78 is 27.7. The van der Waals surface area contributed by atoms with Crippen LogP contribution in [-0.2, 0) is 10.0 Å². The van der Waals surface area contributed by atoms with Crippen LogP contribution < -0.4 is 4.72 Å². The Morgan fingerprint density at radius 2 is 1.70 bits per heavy atom. The smallest absolute Gasteiger partial charge is 0.261 e. The largest absolute Gasteiger partial charge is 0.277 e. The van der Waals surface area contributed by atoms with Crippen molar-refractivity contribution in [3.8, 4) is 0 Å². The third kappa shape index (κ3) is 3.58. The monoisotopic (exact) mass is 441 g/mol. The van der Waals surface area contributed by atoms with Gasteiger partial charge < -0.3 is 0 Å². The van der Waals surface area contributed by atoms with Gasteiger partial charge in [-0.3, -0.25) is 4.72 Å². The van der Waals surface area contributed by atoms with Crippen LogP contribution in [0.25, 0.3) is 0 Å². The first-order valence-electron chi connectivity index (χ1n) is 5.53. The first kappa shape index (κ1) is 15.9. The number of anilines is 1. The zero-order chi connectivity index (χ0) is 14.9. The van der Waals surface area contributed by atoms with E-state index in [0.717, 1.165) is 5.56 Å². The van der Waals surface area contributed by atoms with Crippen molar-refractivity contribution in [3.05, 3.63) is 55.6 Å². The number of hydrogen-bond acceptors (Lipinski definition) is 2. The van der Waals surface area contributed by atoms with Gasteiger partial charge in [0.2, 0.25) is 0 Å². The summed E-state index contributed by atoms with van der Waals surface area (Å²) >= 11 is 13.9. The van der Waals surface area contributed by atoms with E-state index in [0.29, 0.717) is 14.3 Å². The standard InChI is InChI=1S/C13H10Cl2INO2S/c1-8-2-4-10(5-3-8)20(18,19)17-13-11(15)6-9(14)7-12(13)16/h2-7,17H,1H3. The fourth-order valence-electron chi connectivity index (χ4n) is 1.55. The predicted molar refractivity (Wildman–Crippen MR) is 91.2 cm³/mol. The molecule has 0 aliphatic carbocycles. The molecule has 0 saturated carbocycles. The molecule has 1 N–H and O–H groups in total. The van der Waals surface area contributed by atoms with Gasteiger partial charge in [-0.15, -0.1) is 0 Å². The Balaban J connectivity index is 2.41. The molecular formula is C13H10Cl2INO2S. The molecule has 0 atom stereocenters. The molecule has 2 rings (SSSR count). The van der Waals surface area contributed by atoms with Crippen molar-refractivity contribution >= 4 is 61.5 Å². The zero-order valence-electron chi connectivity index (χ0n) is 10.3.